The van der Waals surface area contributed by atoms with Crippen LogP contribution in [0.2, 0.25) is 0 Å². The summed E-state index contributed by atoms with van der Waals surface area (Å²) < 4.78 is 13.5. The zero-order valence-corrected chi connectivity index (χ0v) is 10.4. The van der Waals surface area contributed by atoms with Crippen molar-refractivity contribution in [2.45, 2.75) is 26.3 Å². The Morgan fingerprint density at radius 3 is 2.83 bits per heavy atom. The van der Waals surface area contributed by atoms with Crippen molar-refractivity contribution >= 4 is 17.5 Å². The molecule has 1 aliphatic rings. The Kier molecular flexibility index (Phi) is 3.32. The Bertz CT molecular complexity index is 502. The molecule has 0 spiro atoms. The van der Waals surface area contributed by atoms with Gasteiger partial charge in [-0.2, -0.15) is 0 Å². The number of anilines is 1. The molecule has 0 aromatic heterocycles. The van der Waals surface area contributed by atoms with Gasteiger partial charge in [0.1, 0.15) is 11.9 Å². The lowest BCUT2D eigenvalue weighted by atomic mass is 10.1. The van der Waals surface area contributed by atoms with Crippen LogP contribution >= 0.6 is 0 Å². The van der Waals surface area contributed by atoms with Gasteiger partial charge in [0.25, 0.3) is 0 Å². The van der Waals surface area contributed by atoms with Crippen molar-refractivity contribution in [1.29, 1.82) is 0 Å². The number of hydrogen-bond donors (Lipinski definition) is 1. The fourth-order valence-corrected chi connectivity index (χ4v) is 2.06. The lowest BCUT2D eigenvalue weighted by Gasteiger charge is -2.24. The Morgan fingerprint density at radius 1 is 1.39 bits per heavy atom. The predicted octanol–water partition coefficient (Wildman–Crippen LogP) is 1.38. The first-order valence-electron chi connectivity index (χ1n) is 5.86. The molecule has 1 aliphatic heterocycles. The Balaban J connectivity index is 2.39. The van der Waals surface area contributed by atoms with Gasteiger partial charge < -0.3 is 10.2 Å². The molecule has 1 aromatic rings. The molecule has 96 valence electrons. The summed E-state index contributed by atoms with van der Waals surface area (Å²) in [4.78, 5) is 25.0. The number of halogens is 1. The first-order chi connectivity index (χ1) is 8.50. The molecular weight excluding hydrogens is 235 g/mol. The van der Waals surface area contributed by atoms with E-state index >= 15 is 0 Å². The average molecular weight is 250 g/mol. The van der Waals surface area contributed by atoms with Crippen molar-refractivity contribution in [3.8, 4) is 0 Å². The van der Waals surface area contributed by atoms with Gasteiger partial charge in [-0.1, -0.05) is 6.07 Å². The van der Waals surface area contributed by atoms with Crippen LogP contribution in [0, 0.1) is 12.7 Å². The van der Waals surface area contributed by atoms with Gasteiger partial charge in [-0.05, 0) is 26.0 Å². The molecule has 5 heteroatoms. The SMILES string of the molecule is Cc1c(F)cccc1N1CCC(=O)NC(C)C1=O. The highest BCUT2D eigenvalue weighted by molar-refractivity contribution is 6.01. The van der Waals surface area contributed by atoms with Gasteiger partial charge >= 0.3 is 0 Å². The molecule has 1 atom stereocenters. The second-order valence-corrected chi connectivity index (χ2v) is 4.41. The number of rotatable bonds is 1. The molecule has 1 fully saturated rings. The number of carbonyl (C=O) groups is 2. The highest BCUT2D eigenvalue weighted by atomic mass is 19.1. The van der Waals surface area contributed by atoms with E-state index in [4.69, 9.17) is 0 Å². The fourth-order valence-electron chi connectivity index (χ4n) is 2.06. The molecule has 2 rings (SSSR count). The van der Waals surface area contributed by atoms with Gasteiger partial charge in [0.2, 0.25) is 11.8 Å². The highest BCUT2D eigenvalue weighted by Crippen LogP contribution is 2.24. The van der Waals surface area contributed by atoms with Crippen LogP contribution in [0.25, 0.3) is 0 Å². The van der Waals surface area contributed by atoms with Crippen molar-refractivity contribution in [2.75, 3.05) is 11.4 Å². The van der Waals surface area contributed by atoms with E-state index in [2.05, 4.69) is 5.32 Å². The predicted molar refractivity (Wildman–Crippen MR) is 65.7 cm³/mol. The van der Waals surface area contributed by atoms with E-state index in [1.807, 2.05) is 0 Å². The largest absolute Gasteiger partial charge is 0.345 e. The Hall–Kier alpha value is -1.91. The minimum atomic E-state index is -0.581. The molecule has 0 aliphatic carbocycles. The maximum absolute atomic E-state index is 13.5. The van der Waals surface area contributed by atoms with Crippen molar-refractivity contribution in [3.05, 3.63) is 29.6 Å². The van der Waals surface area contributed by atoms with Crippen LogP contribution in [0.3, 0.4) is 0 Å². The van der Waals surface area contributed by atoms with E-state index in [0.717, 1.165) is 0 Å². The van der Waals surface area contributed by atoms with Gasteiger partial charge in [0, 0.05) is 24.2 Å². The lowest BCUT2D eigenvalue weighted by molar-refractivity contribution is -0.125. The third kappa shape index (κ3) is 2.20. The number of hydrogen-bond acceptors (Lipinski definition) is 2. The average Bonchev–Trinajstić information content (AvgIpc) is 2.44. The summed E-state index contributed by atoms with van der Waals surface area (Å²) in [5, 5.41) is 2.60. The Morgan fingerprint density at radius 2 is 2.11 bits per heavy atom. The number of amides is 2. The van der Waals surface area contributed by atoms with Crippen molar-refractivity contribution in [2.24, 2.45) is 0 Å². The smallest absolute Gasteiger partial charge is 0.249 e. The van der Waals surface area contributed by atoms with E-state index in [1.165, 1.54) is 11.0 Å². The third-order valence-corrected chi connectivity index (χ3v) is 3.11. The third-order valence-electron chi connectivity index (χ3n) is 3.11. The summed E-state index contributed by atoms with van der Waals surface area (Å²) in [5.74, 6) is -0.724. The quantitative estimate of drug-likeness (QED) is 0.818. The molecule has 2 amide bonds. The monoisotopic (exact) mass is 250 g/mol. The van der Waals surface area contributed by atoms with Crippen LogP contribution in [-0.4, -0.2) is 24.4 Å². The van der Waals surface area contributed by atoms with Gasteiger partial charge in [-0.3, -0.25) is 9.59 Å². The molecule has 1 heterocycles. The van der Waals surface area contributed by atoms with Crippen molar-refractivity contribution in [3.63, 3.8) is 0 Å². The second-order valence-electron chi connectivity index (χ2n) is 4.41. The van der Waals surface area contributed by atoms with Gasteiger partial charge in [-0.15, -0.1) is 0 Å². The molecule has 18 heavy (non-hydrogen) atoms. The standard InChI is InChI=1S/C13H15FN2O2/c1-8-10(14)4-3-5-11(8)16-7-6-12(17)15-9(2)13(16)18/h3-5,9H,6-7H2,1-2H3,(H,15,17). The number of nitrogens with one attached hydrogen (secondary N) is 1. The summed E-state index contributed by atoms with van der Waals surface area (Å²) in [5.41, 5.74) is 0.954. The highest BCUT2D eigenvalue weighted by Gasteiger charge is 2.28. The number of nitrogens with zero attached hydrogens (tertiary/aromatic N) is 1. The summed E-state index contributed by atoms with van der Waals surface area (Å²) in [6.07, 6.45) is 0.228. The van der Waals surface area contributed by atoms with Gasteiger partial charge in [0.15, 0.2) is 0 Å². The van der Waals surface area contributed by atoms with E-state index in [0.29, 0.717) is 11.3 Å². The summed E-state index contributed by atoms with van der Waals surface area (Å²) in [6, 6.07) is 4.03. The first kappa shape index (κ1) is 12.5. The molecule has 1 N–H and O–H groups in total. The minimum Gasteiger partial charge on any atom is -0.345 e. The van der Waals surface area contributed by atoms with Gasteiger partial charge in [0.05, 0.1) is 0 Å². The molecule has 1 unspecified atom stereocenters. The summed E-state index contributed by atoms with van der Waals surface area (Å²) in [6.45, 7) is 3.54. The molecular formula is C13H15FN2O2. The minimum absolute atomic E-state index is 0.160. The topological polar surface area (TPSA) is 49.4 Å². The van der Waals surface area contributed by atoms with Crippen molar-refractivity contribution < 1.29 is 14.0 Å². The van der Waals surface area contributed by atoms with Crippen molar-refractivity contribution in [1.82, 2.24) is 5.32 Å². The number of benzene rings is 1. The summed E-state index contributed by atoms with van der Waals surface area (Å²) >= 11 is 0. The van der Waals surface area contributed by atoms with Crippen LogP contribution in [0.1, 0.15) is 18.9 Å². The van der Waals surface area contributed by atoms with Gasteiger partial charge in [-0.25, -0.2) is 4.39 Å². The second kappa shape index (κ2) is 4.76. The molecule has 4 nitrogen and oxygen atoms in total. The maximum Gasteiger partial charge on any atom is 0.249 e. The lowest BCUT2D eigenvalue weighted by Crippen LogP contribution is -2.43. The fraction of sp³-hybridized carbons (Fsp3) is 0.385. The van der Waals surface area contributed by atoms with Crippen LogP contribution in [-0.2, 0) is 9.59 Å². The molecule has 1 saturated heterocycles. The molecule has 0 saturated carbocycles. The van der Waals surface area contributed by atoms with E-state index in [-0.39, 0.29) is 30.6 Å². The van der Waals surface area contributed by atoms with E-state index < -0.39 is 6.04 Å². The van der Waals surface area contributed by atoms with E-state index in [9.17, 15) is 14.0 Å². The van der Waals surface area contributed by atoms with E-state index in [1.54, 1.807) is 26.0 Å². The van der Waals surface area contributed by atoms with Crippen LogP contribution in [0.4, 0.5) is 10.1 Å². The maximum atomic E-state index is 13.5. The molecule has 0 bridgehead atoms. The zero-order chi connectivity index (χ0) is 13.3. The number of carbonyl (C=O) groups excluding carboxylic acids is 2. The first-order valence-corrected chi connectivity index (χ1v) is 5.86. The normalized spacial score (nSPS) is 20.6. The van der Waals surface area contributed by atoms with Crippen LogP contribution in [0.15, 0.2) is 18.2 Å². The van der Waals surface area contributed by atoms with Crippen LogP contribution in [0.5, 0.6) is 0 Å². The molecule has 0 radical (unpaired) electrons. The Labute approximate surface area is 105 Å². The zero-order valence-electron chi connectivity index (χ0n) is 10.4. The molecule has 1 aromatic carbocycles. The summed E-state index contributed by atoms with van der Waals surface area (Å²) in [7, 11) is 0. The van der Waals surface area contributed by atoms with Crippen LogP contribution < -0.4 is 10.2 Å².